The van der Waals surface area contributed by atoms with E-state index in [2.05, 4.69) is 30.1 Å². The van der Waals surface area contributed by atoms with Crippen molar-refractivity contribution in [3.05, 3.63) is 66.2 Å². The van der Waals surface area contributed by atoms with Gasteiger partial charge in [-0.2, -0.15) is 0 Å². The monoisotopic (exact) mass is 376 g/mol. The molecule has 3 rings (SSSR count). The van der Waals surface area contributed by atoms with Crippen LogP contribution in [-0.4, -0.2) is 36.7 Å². The molecule has 1 heterocycles. The molecule has 3 aromatic rings. The zero-order chi connectivity index (χ0) is 19.8. The highest BCUT2D eigenvalue weighted by Crippen LogP contribution is 2.23. The second kappa shape index (κ2) is 9.74. The van der Waals surface area contributed by atoms with E-state index >= 15 is 0 Å². The maximum absolute atomic E-state index is 5.44. The van der Waals surface area contributed by atoms with Crippen LogP contribution in [0.2, 0.25) is 0 Å². The summed E-state index contributed by atoms with van der Waals surface area (Å²) in [6.45, 7) is 6.86. The fourth-order valence-corrected chi connectivity index (χ4v) is 3.19. The Morgan fingerprint density at radius 3 is 2.36 bits per heavy atom. The number of hydrogen-bond acceptors (Lipinski definition) is 5. The van der Waals surface area contributed by atoms with Crippen molar-refractivity contribution in [2.24, 2.45) is 0 Å². The van der Waals surface area contributed by atoms with Crippen LogP contribution in [0.3, 0.4) is 0 Å². The van der Waals surface area contributed by atoms with Crippen molar-refractivity contribution in [1.29, 1.82) is 0 Å². The Hall–Kier alpha value is -3.08. The fraction of sp³-hybridized carbons (Fsp3) is 0.304. The van der Waals surface area contributed by atoms with Gasteiger partial charge >= 0.3 is 0 Å². The van der Waals surface area contributed by atoms with Gasteiger partial charge in [0.25, 0.3) is 0 Å². The van der Waals surface area contributed by atoms with Gasteiger partial charge < -0.3 is 15.0 Å². The van der Waals surface area contributed by atoms with Crippen LogP contribution in [0.15, 0.2) is 60.7 Å². The molecule has 0 saturated heterocycles. The molecule has 0 fully saturated rings. The summed E-state index contributed by atoms with van der Waals surface area (Å²) < 4.78 is 5.44. The molecule has 2 aromatic carbocycles. The van der Waals surface area contributed by atoms with Gasteiger partial charge in [-0.3, -0.25) is 0 Å². The molecular formula is C23H28N4O. The van der Waals surface area contributed by atoms with E-state index in [1.54, 1.807) is 7.11 Å². The standard InChI is InChI=1S/C23H28N4O/c1-4-27(5-2)22-17-21(25-23(26-22)19-12-7-6-8-13-19)24-16-15-18-11-9-10-14-20(18)28-3/h6-14,17H,4-5,15-16H2,1-3H3,(H,24,25,26). The fourth-order valence-electron chi connectivity index (χ4n) is 3.19. The summed E-state index contributed by atoms with van der Waals surface area (Å²) >= 11 is 0. The largest absolute Gasteiger partial charge is 0.496 e. The molecule has 1 aromatic heterocycles. The van der Waals surface area contributed by atoms with Crippen molar-refractivity contribution in [3.8, 4) is 17.1 Å². The van der Waals surface area contributed by atoms with E-state index in [1.165, 1.54) is 5.56 Å². The van der Waals surface area contributed by atoms with Gasteiger partial charge in [0.1, 0.15) is 17.4 Å². The molecule has 0 aliphatic heterocycles. The van der Waals surface area contributed by atoms with E-state index in [0.717, 1.165) is 54.8 Å². The van der Waals surface area contributed by atoms with E-state index in [-0.39, 0.29) is 0 Å². The lowest BCUT2D eigenvalue weighted by atomic mass is 10.1. The number of para-hydroxylation sites is 1. The van der Waals surface area contributed by atoms with E-state index in [0.29, 0.717) is 0 Å². The van der Waals surface area contributed by atoms with Crippen molar-refractivity contribution in [2.75, 3.05) is 37.0 Å². The highest BCUT2D eigenvalue weighted by Gasteiger charge is 2.11. The number of nitrogens with zero attached hydrogens (tertiary/aromatic N) is 3. The SMILES string of the molecule is CCN(CC)c1cc(NCCc2ccccc2OC)nc(-c2ccccc2)n1. The zero-order valence-electron chi connectivity index (χ0n) is 16.9. The van der Waals surface area contributed by atoms with Gasteiger partial charge in [0.05, 0.1) is 7.11 Å². The molecule has 0 aliphatic rings. The Bertz CT molecular complexity index is 879. The summed E-state index contributed by atoms with van der Waals surface area (Å²) in [6, 6.07) is 20.3. The molecule has 28 heavy (non-hydrogen) atoms. The minimum Gasteiger partial charge on any atom is -0.496 e. The quantitative estimate of drug-likeness (QED) is 0.589. The first-order chi connectivity index (χ1) is 13.7. The Balaban J connectivity index is 1.82. The Kier molecular flexibility index (Phi) is 6.84. The van der Waals surface area contributed by atoms with Crippen molar-refractivity contribution < 1.29 is 4.74 Å². The van der Waals surface area contributed by atoms with Gasteiger partial charge in [-0.25, -0.2) is 9.97 Å². The number of benzene rings is 2. The summed E-state index contributed by atoms with van der Waals surface area (Å²) in [7, 11) is 1.71. The molecule has 146 valence electrons. The number of hydrogen-bond donors (Lipinski definition) is 1. The lowest BCUT2D eigenvalue weighted by Gasteiger charge is -2.21. The van der Waals surface area contributed by atoms with Crippen molar-refractivity contribution in [3.63, 3.8) is 0 Å². The molecule has 0 bridgehead atoms. The second-order valence-electron chi connectivity index (χ2n) is 6.46. The van der Waals surface area contributed by atoms with Crippen LogP contribution < -0.4 is 15.0 Å². The molecule has 0 saturated carbocycles. The Morgan fingerprint density at radius 1 is 0.929 bits per heavy atom. The van der Waals surface area contributed by atoms with Crippen LogP contribution in [0.4, 0.5) is 11.6 Å². The van der Waals surface area contributed by atoms with Crippen LogP contribution in [0, 0.1) is 0 Å². The minimum atomic E-state index is 0.741. The van der Waals surface area contributed by atoms with Gasteiger partial charge in [0.2, 0.25) is 0 Å². The molecule has 0 spiro atoms. The van der Waals surface area contributed by atoms with Gasteiger partial charge in [0, 0.05) is 31.3 Å². The third-order valence-electron chi connectivity index (χ3n) is 4.73. The van der Waals surface area contributed by atoms with Crippen LogP contribution in [0.1, 0.15) is 19.4 Å². The highest BCUT2D eigenvalue weighted by molar-refractivity contribution is 5.61. The highest BCUT2D eigenvalue weighted by atomic mass is 16.5. The number of nitrogens with one attached hydrogen (secondary N) is 1. The Labute approximate surface area is 167 Å². The van der Waals surface area contributed by atoms with Crippen molar-refractivity contribution in [1.82, 2.24) is 9.97 Å². The number of ether oxygens (including phenoxy) is 1. The maximum atomic E-state index is 5.44. The molecule has 0 amide bonds. The molecule has 1 N–H and O–H groups in total. The average molecular weight is 377 g/mol. The maximum Gasteiger partial charge on any atom is 0.163 e. The number of rotatable bonds is 9. The minimum absolute atomic E-state index is 0.741. The van der Waals surface area contributed by atoms with Gasteiger partial charge in [0.15, 0.2) is 5.82 Å². The van der Waals surface area contributed by atoms with E-state index in [4.69, 9.17) is 14.7 Å². The third kappa shape index (κ3) is 4.80. The molecule has 0 unspecified atom stereocenters. The lowest BCUT2D eigenvalue weighted by Crippen LogP contribution is -2.23. The summed E-state index contributed by atoms with van der Waals surface area (Å²) in [6.07, 6.45) is 0.856. The van der Waals surface area contributed by atoms with Gasteiger partial charge in [-0.15, -0.1) is 0 Å². The second-order valence-corrected chi connectivity index (χ2v) is 6.46. The van der Waals surface area contributed by atoms with Gasteiger partial charge in [-0.1, -0.05) is 48.5 Å². The summed E-state index contributed by atoms with van der Waals surface area (Å²) in [5, 5.41) is 3.46. The Morgan fingerprint density at radius 2 is 1.64 bits per heavy atom. The summed E-state index contributed by atoms with van der Waals surface area (Å²) in [5.74, 6) is 3.44. The first-order valence-corrected chi connectivity index (χ1v) is 9.80. The number of aromatic nitrogens is 2. The first kappa shape index (κ1) is 19.7. The smallest absolute Gasteiger partial charge is 0.163 e. The van der Waals surface area contributed by atoms with E-state index in [1.807, 2.05) is 54.6 Å². The zero-order valence-corrected chi connectivity index (χ0v) is 16.9. The van der Waals surface area contributed by atoms with Crippen molar-refractivity contribution in [2.45, 2.75) is 20.3 Å². The predicted octanol–water partition coefficient (Wildman–Crippen LogP) is 4.65. The summed E-state index contributed by atoms with van der Waals surface area (Å²) in [4.78, 5) is 11.8. The van der Waals surface area contributed by atoms with E-state index in [9.17, 15) is 0 Å². The topological polar surface area (TPSA) is 50.3 Å². The molecule has 5 heteroatoms. The normalized spacial score (nSPS) is 10.5. The number of methoxy groups -OCH3 is 1. The molecule has 5 nitrogen and oxygen atoms in total. The molecule has 0 atom stereocenters. The van der Waals surface area contributed by atoms with Crippen LogP contribution in [0.25, 0.3) is 11.4 Å². The van der Waals surface area contributed by atoms with Gasteiger partial charge in [-0.05, 0) is 31.9 Å². The molecule has 0 radical (unpaired) electrons. The first-order valence-electron chi connectivity index (χ1n) is 9.80. The average Bonchev–Trinajstić information content (AvgIpc) is 2.75. The lowest BCUT2D eigenvalue weighted by molar-refractivity contribution is 0.410. The van der Waals surface area contributed by atoms with Crippen molar-refractivity contribution >= 4 is 11.6 Å². The predicted molar refractivity (Wildman–Crippen MR) is 116 cm³/mol. The third-order valence-corrected chi connectivity index (χ3v) is 4.73. The van der Waals surface area contributed by atoms with E-state index < -0.39 is 0 Å². The van der Waals surface area contributed by atoms with Crippen LogP contribution in [-0.2, 0) is 6.42 Å². The molecule has 0 aliphatic carbocycles. The van der Waals surface area contributed by atoms with Crippen LogP contribution >= 0.6 is 0 Å². The number of anilines is 2. The molecular weight excluding hydrogens is 348 g/mol. The summed E-state index contributed by atoms with van der Waals surface area (Å²) in [5.41, 5.74) is 2.20. The van der Waals surface area contributed by atoms with Crippen LogP contribution in [0.5, 0.6) is 5.75 Å².